The molecule has 0 saturated carbocycles. The Labute approximate surface area is 140 Å². The Hall–Kier alpha value is -2.35. The van der Waals surface area contributed by atoms with Gasteiger partial charge in [0.2, 0.25) is 5.76 Å². The summed E-state index contributed by atoms with van der Waals surface area (Å²) in [5.74, 6) is 1.20. The van der Waals surface area contributed by atoms with Crippen molar-refractivity contribution >= 4 is 5.91 Å². The predicted octanol–water partition coefficient (Wildman–Crippen LogP) is 1.70. The van der Waals surface area contributed by atoms with E-state index < -0.39 is 0 Å². The van der Waals surface area contributed by atoms with Crippen LogP contribution in [0.1, 0.15) is 42.2 Å². The zero-order chi connectivity index (χ0) is 16.9. The highest BCUT2D eigenvalue weighted by Gasteiger charge is 2.30. The van der Waals surface area contributed by atoms with Gasteiger partial charge in [-0.25, -0.2) is 4.98 Å². The van der Waals surface area contributed by atoms with E-state index >= 15 is 0 Å². The maximum atomic E-state index is 12.2. The zero-order valence-electron chi connectivity index (χ0n) is 13.9. The van der Waals surface area contributed by atoms with Crippen LogP contribution in [-0.2, 0) is 11.8 Å². The van der Waals surface area contributed by atoms with Crippen LogP contribution in [0.4, 0.5) is 0 Å². The summed E-state index contributed by atoms with van der Waals surface area (Å²) in [4.78, 5) is 16.6. The first-order chi connectivity index (χ1) is 11.7. The van der Waals surface area contributed by atoms with Gasteiger partial charge >= 0.3 is 0 Å². The number of hydrogen-bond donors (Lipinski definition) is 1. The van der Waals surface area contributed by atoms with Crippen molar-refractivity contribution < 1.29 is 18.8 Å². The van der Waals surface area contributed by atoms with E-state index in [9.17, 15) is 4.79 Å². The second-order valence-electron chi connectivity index (χ2n) is 5.76. The number of aryl methyl sites for hydroxylation is 1. The molecule has 24 heavy (non-hydrogen) atoms. The lowest BCUT2D eigenvalue weighted by Crippen LogP contribution is -2.35. The maximum absolute atomic E-state index is 12.2. The first-order valence-corrected chi connectivity index (χ1v) is 8.15. The standard InChI is InChI=1S/C16H22N4O4/c1-3-22-13-9-12(24-19-13)16(21)18-10-11-5-4-8-23-14(11)15-17-6-7-20(15)2/h6-7,9,11,14H,3-5,8,10H2,1-2H3,(H,18,21)/t11-,14+/m0/s1. The molecule has 1 aliphatic heterocycles. The van der Waals surface area contributed by atoms with E-state index in [1.165, 1.54) is 6.07 Å². The number of hydrogen-bond acceptors (Lipinski definition) is 6. The van der Waals surface area contributed by atoms with Crippen LogP contribution >= 0.6 is 0 Å². The quantitative estimate of drug-likeness (QED) is 0.864. The van der Waals surface area contributed by atoms with Gasteiger partial charge in [0.05, 0.1) is 12.7 Å². The van der Waals surface area contributed by atoms with Crippen LogP contribution in [0, 0.1) is 5.92 Å². The van der Waals surface area contributed by atoms with E-state index in [4.69, 9.17) is 14.0 Å². The Balaban J connectivity index is 1.61. The van der Waals surface area contributed by atoms with Gasteiger partial charge in [-0.3, -0.25) is 4.79 Å². The molecule has 1 amide bonds. The number of nitrogens with zero attached hydrogens (tertiary/aromatic N) is 3. The number of amides is 1. The van der Waals surface area contributed by atoms with Crippen molar-refractivity contribution in [1.29, 1.82) is 0 Å². The molecule has 0 aromatic carbocycles. The van der Waals surface area contributed by atoms with Crippen molar-refractivity contribution in [3.8, 4) is 5.88 Å². The van der Waals surface area contributed by atoms with Crippen molar-refractivity contribution in [3.05, 3.63) is 30.0 Å². The van der Waals surface area contributed by atoms with Gasteiger partial charge in [-0.2, -0.15) is 0 Å². The molecule has 1 saturated heterocycles. The minimum absolute atomic E-state index is 0.118. The fourth-order valence-electron chi connectivity index (χ4n) is 2.88. The molecule has 0 spiro atoms. The third-order valence-electron chi connectivity index (χ3n) is 4.09. The highest BCUT2D eigenvalue weighted by molar-refractivity contribution is 5.91. The molecule has 2 aromatic heterocycles. The maximum Gasteiger partial charge on any atom is 0.290 e. The Morgan fingerprint density at radius 2 is 2.42 bits per heavy atom. The van der Waals surface area contributed by atoms with Crippen molar-refractivity contribution in [3.63, 3.8) is 0 Å². The fourth-order valence-corrected chi connectivity index (χ4v) is 2.88. The Bertz CT molecular complexity index is 681. The van der Waals surface area contributed by atoms with E-state index in [2.05, 4.69) is 15.5 Å². The minimum Gasteiger partial charge on any atom is -0.476 e. The van der Waals surface area contributed by atoms with Gasteiger partial charge in [0.1, 0.15) is 11.9 Å². The topological polar surface area (TPSA) is 91.4 Å². The minimum atomic E-state index is -0.308. The molecule has 3 heterocycles. The lowest BCUT2D eigenvalue weighted by molar-refractivity contribution is -0.0338. The number of carbonyl (C=O) groups excluding carboxylic acids is 1. The number of imidazole rings is 1. The van der Waals surface area contributed by atoms with Gasteiger partial charge in [0.15, 0.2) is 0 Å². The van der Waals surface area contributed by atoms with Gasteiger partial charge in [0, 0.05) is 38.5 Å². The third-order valence-corrected chi connectivity index (χ3v) is 4.09. The Kier molecular flexibility index (Phi) is 5.14. The molecular weight excluding hydrogens is 312 g/mol. The van der Waals surface area contributed by atoms with Crippen LogP contribution in [-0.4, -0.2) is 40.4 Å². The molecule has 2 atom stereocenters. The molecule has 3 rings (SSSR count). The SMILES string of the molecule is CCOc1cc(C(=O)NC[C@@H]2CCCO[C@H]2c2nccn2C)on1. The number of ether oxygens (including phenoxy) is 2. The second-order valence-corrected chi connectivity index (χ2v) is 5.76. The van der Waals surface area contributed by atoms with Crippen LogP contribution < -0.4 is 10.1 Å². The molecule has 0 bridgehead atoms. The van der Waals surface area contributed by atoms with Crippen LogP contribution in [0.3, 0.4) is 0 Å². The normalized spacial score (nSPS) is 20.8. The Morgan fingerprint density at radius 1 is 1.54 bits per heavy atom. The summed E-state index contributed by atoms with van der Waals surface area (Å²) in [6.45, 7) is 3.51. The fraction of sp³-hybridized carbons (Fsp3) is 0.562. The zero-order valence-corrected chi connectivity index (χ0v) is 13.9. The molecular formula is C16H22N4O4. The second kappa shape index (κ2) is 7.48. The summed E-state index contributed by atoms with van der Waals surface area (Å²) in [6.07, 6.45) is 5.48. The van der Waals surface area contributed by atoms with Gasteiger partial charge in [-0.05, 0) is 24.9 Å². The highest BCUT2D eigenvalue weighted by atomic mass is 16.5. The Morgan fingerprint density at radius 3 is 3.17 bits per heavy atom. The smallest absolute Gasteiger partial charge is 0.290 e. The summed E-state index contributed by atoms with van der Waals surface area (Å²) in [6, 6.07) is 1.49. The predicted molar refractivity (Wildman–Crippen MR) is 84.6 cm³/mol. The lowest BCUT2D eigenvalue weighted by atomic mass is 9.93. The summed E-state index contributed by atoms with van der Waals surface area (Å²) in [7, 11) is 1.94. The monoisotopic (exact) mass is 334 g/mol. The van der Waals surface area contributed by atoms with E-state index in [0.29, 0.717) is 25.6 Å². The van der Waals surface area contributed by atoms with Crippen molar-refractivity contribution in [1.82, 2.24) is 20.0 Å². The average molecular weight is 334 g/mol. The van der Waals surface area contributed by atoms with E-state index in [1.54, 1.807) is 6.20 Å². The van der Waals surface area contributed by atoms with Gasteiger partial charge in [-0.1, -0.05) is 0 Å². The van der Waals surface area contributed by atoms with Crippen LogP contribution in [0.25, 0.3) is 0 Å². The molecule has 130 valence electrons. The molecule has 0 radical (unpaired) electrons. The van der Waals surface area contributed by atoms with E-state index in [0.717, 1.165) is 18.7 Å². The molecule has 0 unspecified atom stereocenters. The lowest BCUT2D eigenvalue weighted by Gasteiger charge is -2.31. The molecule has 1 N–H and O–H groups in total. The molecule has 1 aliphatic rings. The van der Waals surface area contributed by atoms with Crippen molar-refractivity contribution in [2.75, 3.05) is 19.8 Å². The third kappa shape index (κ3) is 3.59. The van der Waals surface area contributed by atoms with E-state index in [-0.39, 0.29) is 23.7 Å². The molecule has 8 nitrogen and oxygen atoms in total. The van der Waals surface area contributed by atoms with Crippen LogP contribution in [0.15, 0.2) is 23.0 Å². The molecule has 1 fully saturated rings. The molecule has 2 aromatic rings. The largest absolute Gasteiger partial charge is 0.476 e. The molecule has 0 aliphatic carbocycles. The van der Waals surface area contributed by atoms with Gasteiger partial charge in [-0.15, -0.1) is 0 Å². The molecule has 8 heteroatoms. The van der Waals surface area contributed by atoms with E-state index in [1.807, 2.05) is 24.7 Å². The first-order valence-electron chi connectivity index (χ1n) is 8.15. The van der Waals surface area contributed by atoms with Gasteiger partial charge in [0.25, 0.3) is 11.8 Å². The van der Waals surface area contributed by atoms with Crippen molar-refractivity contribution in [2.45, 2.75) is 25.9 Å². The summed E-state index contributed by atoms with van der Waals surface area (Å²) in [5, 5.41) is 6.58. The summed E-state index contributed by atoms with van der Waals surface area (Å²) < 4.78 is 18.1. The van der Waals surface area contributed by atoms with Crippen molar-refractivity contribution in [2.24, 2.45) is 13.0 Å². The summed E-state index contributed by atoms with van der Waals surface area (Å²) >= 11 is 0. The number of nitrogens with one attached hydrogen (secondary N) is 1. The number of aromatic nitrogens is 3. The summed E-state index contributed by atoms with van der Waals surface area (Å²) in [5.41, 5.74) is 0. The van der Waals surface area contributed by atoms with Crippen LogP contribution in [0.5, 0.6) is 5.88 Å². The number of rotatable bonds is 6. The first kappa shape index (κ1) is 16.5. The highest BCUT2D eigenvalue weighted by Crippen LogP contribution is 2.32. The van der Waals surface area contributed by atoms with Crippen LogP contribution in [0.2, 0.25) is 0 Å². The van der Waals surface area contributed by atoms with Gasteiger partial charge < -0.3 is 23.9 Å². The average Bonchev–Trinajstić information content (AvgIpc) is 3.22. The number of carbonyl (C=O) groups is 1.